The van der Waals surface area contributed by atoms with Crippen molar-refractivity contribution in [2.75, 3.05) is 0 Å². The molecule has 0 amide bonds. The second-order valence-corrected chi connectivity index (χ2v) is 13.7. The Hall–Kier alpha value is -7.17. The molecule has 11 rings (SSSR count). The summed E-state index contributed by atoms with van der Waals surface area (Å²) in [5, 5.41) is 7.24. The fraction of sp³-hybridized carbons (Fsp3) is 0. The quantitative estimate of drug-likeness (QED) is 0.137. The first-order chi connectivity index (χ1) is 26.2. The lowest BCUT2D eigenvalue weighted by molar-refractivity contribution is 0.569. The van der Waals surface area contributed by atoms with Crippen LogP contribution in [-0.4, -0.2) is 9.13 Å². The standard InChI is InChI=1S/C49H30N2O2/c52-49-43-29-31(19-23-37(43)40-16-8-10-18-48(40)53-49)34-20-24-39-42-28-33(22-26-46(42)51(47(39)30-34)36-13-5-2-6-14-36)32-21-25-45-41(27-32)38-15-7-9-17-44(38)50(45)35-11-3-1-4-12-35/h1-30H. The molecule has 8 aromatic carbocycles. The summed E-state index contributed by atoms with van der Waals surface area (Å²) in [6.07, 6.45) is 0. The molecule has 53 heavy (non-hydrogen) atoms. The van der Waals surface area contributed by atoms with Crippen LogP contribution in [0.25, 0.3) is 99.0 Å². The molecule has 248 valence electrons. The van der Waals surface area contributed by atoms with E-state index < -0.39 is 0 Å². The predicted octanol–water partition coefficient (Wildman–Crippen LogP) is 12.5. The Morgan fingerprint density at radius 1 is 0.321 bits per heavy atom. The molecular weight excluding hydrogens is 649 g/mol. The minimum atomic E-state index is -0.324. The largest absolute Gasteiger partial charge is 0.422 e. The molecule has 0 saturated heterocycles. The Balaban J connectivity index is 1.10. The Labute approximate surface area is 304 Å². The van der Waals surface area contributed by atoms with Gasteiger partial charge in [0.25, 0.3) is 0 Å². The van der Waals surface area contributed by atoms with Gasteiger partial charge in [-0.3, -0.25) is 0 Å². The van der Waals surface area contributed by atoms with Crippen molar-refractivity contribution in [3.05, 3.63) is 192 Å². The van der Waals surface area contributed by atoms with Crippen LogP contribution in [0.4, 0.5) is 0 Å². The summed E-state index contributed by atoms with van der Waals surface area (Å²) in [6, 6.07) is 63.9. The van der Waals surface area contributed by atoms with Crippen LogP contribution in [0.2, 0.25) is 0 Å². The zero-order valence-electron chi connectivity index (χ0n) is 28.5. The average molecular weight is 679 g/mol. The van der Waals surface area contributed by atoms with Crippen LogP contribution in [0.5, 0.6) is 0 Å². The summed E-state index contributed by atoms with van der Waals surface area (Å²) >= 11 is 0. The molecule has 0 saturated carbocycles. The number of hydrogen-bond donors (Lipinski definition) is 0. The Morgan fingerprint density at radius 3 is 1.43 bits per heavy atom. The molecule has 4 nitrogen and oxygen atoms in total. The number of hydrogen-bond acceptors (Lipinski definition) is 2. The van der Waals surface area contributed by atoms with Gasteiger partial charge in [0, 0.05) is 38.3 Å². The summed E-state index contributed by atoms with van der Waals surface area (Å²) in [7, 11) is 0. The van der Waals surface area contributed by atoms with Gasteiger partial charge in [-0.15, -0.1) is 0 Å². The smallest absolute Gasteiger partial charge is 0.344 e. The molecule has 0 aliphatic heterocycles. The first kappa shape index (κ1) is 29.5. The SMILES string of the molecule is O=c1oc2ccccc2c2ccc(-c3ccc4c5cc(-c6ccc7c(c6)c6ccccc6n7-c6ccccc6)ccc5n(-c5ccccc5)c4c3)cc12. The van der Waals surface area contributed by atoms with Crippen LogP contribution < -0.4 is 5.63 Å². The Morgan fingerprint density at radius 2 is 0.774 bits per heavy atom. The van der Waals surface area contributed by atoms with Gasteiger partial charge in [0.15, 0.2) is 0 Å². The normalized spacial score (nSPS) is 11.8. The number of para-hydroxylation sites is 4. The van der Waals surface area contributed by atoms with Crippen molar-refractivity contribution in [1.29, 1.82) is 0 Å². The van der Waals surface area contributed by atoms with Crippen molar-refractivity contribution in [3.8, 4) is 33.6 Å². The van der Waals surface area contributed by atoms with Crippen LogP contribution in [-0.2, 0) is 0 Å². The Bertz CT molecular complexity index is 3300. The van der Waals surface area contributed by atoms with E-state index in [9.17, 15) is 4.79 Å². The molecule has 0 spiro atoms. The summed E-state index contributed by atoms with van der Waals surface area (Å²) in [4.78, 5) is 13.1. The van der Waals surface area contributed by atoms with E-state index >= 15 is 0 Å². The first-order valence-corrected chi connectivity index (χ1v) is 17.9. The number of benzene rings is 8. The van der Waals surface area contributed by atoms with Gasteiger partial charge in [0.05, 0.1) is 27.5 Å². The van der Waals surface area contributed by atoms with Crippen molar-refractivity contribution in [1.82, 2.24) is 9.13 Å². The minimum absolute atomic E-state index is 0.324. The van der Waals surface area contributed by atoms with Crippen LogP contribution >= 0.6 is 0 Å². The lowest BCUT2D eigenvalue weighted by Gasteiger charge is -2.10. The van der Waals surface area contributed by atoms with Crippen LogP contribution in [0.15, 0.2) is 191 Å². The third kappa shape index (κ3) is 4.52. The fourth-order valence-corrected chi connectivity index (χ4v) is 8.30. The van der Waals surface area contributed by atoms with Gasteiger partial charge in [-0.2, -0.15) is 0 Å². The molecule has 3 aromatic heterocycles. The number of fused-ring (bicyclic) bond motifs is 9. The van der Waals surface area contributed by atoms with E-state index in [1.54, 1.807) is 0 Å². The van der Waals surface area contributed by atoms with Crippen molar-refractivity contribution >= 4 is 65.4 Å². The van der Waals surface area contributed by atoms with Crippen molar-refractivity contribution < 1.29 is 4.42 Å². The molecule has 11 aromatic rings. The van der Waals surface area contributed by atoms with Crippen molar-refractivity contribution in [3.63, 3.8) is 0 Å². The summed E-state index contributed by atoms with van der Waals surface area (Å²) in [6.45, 7) is 0. The van der Waals surface area contributed by atoms with Crippen LogP contribution in [0.3, 0.4) is 0 Å². The van der Waals surface area contributed by atoms with Crippen LogP contribution in [0, 0.1) is 0 Å². The zero-order chi connectivity index (χ0) is 35.0. The third-order valence-electron chi connectivity index (χ3n) is 10.8. The lowest BCUT2D eigenvalue weighted by Crippen LogP contribution is -2.00. The molecule has 0 fully saturated rings. The Kier molecular flexibility index (Phi) is 6.37. The molecule has 0 aliphatic carbocycles. The van der Waals surface area contributed by atoms with Gasteiger partial charge in [-0.05, 0) is 100 Å². The van der Waals surface area contributed by atoms with Gasteiger partial charge in [-0.1, -0.05) is 109 Å². The van der Waals surface area contributed by atoms with E-state index in [2.05, 4.69) is 155 Å². The highest BCUT2D eigenvalue weighted by Gasteiger charge is 2.17. The molecule has 0 unspecified atom stereocenters. The van der Waals surface area contributed by atoms with Crippen molar-refractivity contribution in [2.24, 2.45) is 0 Å². The number of rotatable bonds is 4. The molecule has 0 atom stereocenters. The third-order valence-corrected chi connectivity index (χ3v) is 10.8. The maximum Gasteiger partial charge on any atom is 0.344 e. The maximum atomic E-state index is 13.1. The van der Waals surface area contributed by atoms with Gasteiger partial charge in [-0.25, -0.2) is 4.79 Å². The highest BCUT2D eigenvalue weighted by Crippen LogP contribution is 2.39. The monoisotopic (exact) mass is 678 g/mol. The van der Waals surface area contributed by atoms with E-state index in [1.165, 1.54) is 43.7 Å². The molecule has 0 aliphatic rings. The number of aromatic nitrogens is 2. The van der Waals surface area contributed by atoms with Crippen molar-refractivity contribution in [2.45, 2.75) is 0 Å². The van der Waals surface area contributed by atoms with E-state index in [-0.39, 0.29) is 5.63 Å². The van der Waals surface area contributed by atoms with E-state index in [1.807, 2.05) is 36.4 Å². The van der Waals surface area contributed by atoms with E-state index in [0.29, 0.717) is 11.0 Å². The van der Waals surface area contributed by atoms with Crippen LogP contribution in [0.1, 0.15) is 0 Å². The highest BCUT2D eigenvalue weighted by atomic mass is 16.4. The average Bonchev–Trinajstić information content (AvgIpc) is 3.73. The van der Waals surface area contributed by atoms with Gasteiger partial charge >= 0.3 is 5.63 Å². The van der Waals surface area contributed by atoms with E-state index in [0.717, 1.165) is 44.3 Å². The summed E-state index contributed by atoms with van der Waals surface area (Å²) < 4.78 is 10.4. The minimum Gasteiger partial charge on any atom is -0.422 e. The summed E-state index contributed by atoms with van der Waals surface area (Å²) in [5.74, 6) is 0. The summed E-state index contributed by atoms with van der Waals surface area (Å²) in [5.41, 5.74) is 11.5. The maximum absolute atomic E-state index is 13.1. The number of nitrogens with zero attached hydrogens (tertiary/aromatic N) is 2. The highest BCUT2D eigenvalue weighted by molar-refractivity contribution is 6.13. The second kappa shape index (κ2) is 11.4. The zero-order valence-corrected chi connectivity index (χ0v) is 28.5. The topological polar surface area (TPSA) is 40.1 Å². The van der Waals surface area contributed by atoms with E-state index in [4.69, 9.17) is 4.42 Å². The van der Waals surface area contributed by atoms with Gasteiger partial charge < -0.3 is 13.6 Å². The van der Waals surface area contributed by atoms with Gasteiger partial charge in [0.1, 0.15) is 5.58 Å². The predicted molar refractivity (Wildman–Crippen MR) is 220 cm³/mol. The van der Waals surface area contributed by atoms with Gasteiger partial charge in [0.2, 0.25) is 0 Å². The molecule has 3 heterocycles. The molecule has 0 radical (unpaired) electrons. The molecule has 0 bridgehead atoms. The lowest BCUT2D eigenvalue weighted by atomic mass is 9.98. The first-order valence-electron chi connectivity index (χ1n) is 17.9. The fourth-order valence-electron chi connectivity index (χ4n) is 8.30. The molecule has 4 heteroatoms. The second-order valence-electron chi connectivity index (χ2n) is 13.7. The molecular formula is C49H30N2O2. The molecule has 0 N–H and O–H groups in total.